The molecular weight excluding hydrogens is 294 g/mol. The summed E-state index contributed by atoms with van der Waals surface area (Å²) in [6.45, 7) is 2.30. The number of benzene rings is 1. The maximum absolute atomic E-state index is 10.0. The summed E-state index contributed by atoms with van der Waals surface area (Å²) in [6, 6.07) is 7.39. The van der Waals surface area contributed by atoms with Crippen LogP contribution in [0.2, 0.25) is 0 Å². The van der Waals surface area contributed by atoms with Crippen molar-refractivity contribution in [2.75, 3.05) is 6.61 Å². The smallest absolute Gasteiger partial charge is 0.119 e. The maximum atomic E-state index is 10.0. The summed E-state index contributed by atoms with van der Waals surface area (Å²) >= 11 is 0. The lowest BCUT2D eigenvalue weighted by Gasteiger charge is -2.27. The van der Waals surface area contributed by atoms with Crippen LogP contribution in [0, 0.1) is 0 Å². The molecule has 2 aliphatic rings. The molecule has 0 bridgehead atoms. The van der Waals surface area contributed by atoms with E-state index in [2.05, 4.69) is 0 Å². The van der Waals surface area contributed by atoms with Crippen LogP contribution in [0.4, 0.5) is 0 Å². The Morgan fingerprint density at radius 3 is 2.35 bits per heavy atom. The zero-order chi connectivity index (χ0) is 16.4. The summed E-state index contributed by atoms with van der Waals surface area (Å²) in [6.07, 6.45) is 3.41. The average molecular weight is 321 g/mol. The third-order valence-electron chi connectivity index (χ3n) is 5.27. The van der Waals surface area contributed by atoms with Gasteiger partial charge in [0.2, 0.25) is 0 Å². The molecule has 0 radical (unpaired) electrons. The summed E-state index contributed by atoms with van der Waals surface area (Å²) in [5.41, 5.74) is 1.08. The number of hydrogen-bond acceptors (Lipinski definition) is 5. The Hall–Kier alpha value is -1.14. The summed E-state index contributed by atoms with van der Waals surface area (Å²) in [5, 5.41) is 29.5. The molecule has 0 unspecified atom stereocenters. The first-order valence-electron chi connectivity index (χ1n) is 8.58. The first-order valence-corrected chi connectivity index (χ1v) is 8.58. The van der Waals surface area contributed by atoms with Gasteiger partial charge in [-0.3, -0.25) is 4.90 Å². The van der Waals surface area contributed by atoms with Crippen LogP contribution in [0.1, 0.15) is 38.2 Å². The highest BCUT2D eigenvalue weighted by atomic mass is 16.5. The van der Waals surface area contributed by atoms with Crippen molar-refractivity contribution in [1.29, 1.82) is 0 Å². The topological polar surface area (TPSA) is 73.2 Å². The van der Waals surface area contributed by atoms with Crippen LogP contribution in [0.25, 0.3) is 0 Å². The average Bonchev–Trinajstić information content (AvgIpc) is 3.13. The Labute approximate surface area is 137 Å². The molecule has 1 saturated heterocycles. The molecule has 2 fully saturated rings. The minimum Gasteiger partial charge on any atom is -0.490 e. The van der Waals surface area contributed by atoms with Gasteiger partial charge in [0.25, 0.3) is 0 Å². The molecule has 0 aromatic heterocycles. The van der Waals surface area contributed by atoms with E-state index in [9.17, 15) is 15.3 Å². The number of aliphatic hydroxyl groups excluding tert-OH is 3. The zero-order valence-electron chi connectivity index (χ0n) is 13.6. The quantitative estimate of drug-likeness (QED) is 0.762. The van der Waals surface area contributed by atoms with Crippen molar-refractivity contribution in [3.05, 3.63) is 29.8 Å². The van der Waals surface area contributed by atoms with E-state index in [0.717, 1.165) is 24.2 Å². The van der Waals surface area contributed by atoms with E-state index < -0.39 is 18.2 Å². The minimum atomic E-state index is -0.903. The Bertz CT molecular complexity index is 500. The predicted molar refractivity (Wildman–Crippen MR) is 87.2 cm³/mol. The highest BCUT2D eigenvalue weighted by Crippen LogP contribution is 2.28. The zero-order valence-corrected chi connectivity index (χ0v) is 13.6. The lowest BCUT2D eigenvalue weighted by Crippen LogP contribution is -2.40. The number of ether oxygens (including phenoxy) is 1. The summed E-state index contributed by atoms with van der Waals surface area (Å²) in [7, 11) is 0. The molecule has 23 heavy (non-hydrogen) atoms. The molecule has 1 saturated carbocycles. The second-order valence-corrected chi connectivity index (χ2v) is 6.81. The van der Waals surface area contributed by atoms with Crippen LogP contribution in [0.15, 0.2) is 24.3 Å². The van der Waals surface area contributed by atoms with E-state index in [0.29, 0.717) is 12.6 Å². The van der Waals surface area contributed by atoms with E-state index in [-0.39, 0.29) is 12.6 Å². The molecule has 3 N–H and O–H groups in total. The SMILES string of the molecule is C[C@H]1[C@H](O)[C@H](O)[C@@H](CO)N1Cc1ccc(OC2CCCC2)cc1. The molecule has 5 nitrogen and oxygen atoms in total. The molecule has 0 amide bonds. The van der Waals surface area contributed by atoms with Gasteiger partial charge in [-0.25, -0.2) is 0 Å². The number of rotatable bonds is 5. The molecule has 1 aromatic rings. The van der Waals surface area contributed by atoms with Gasteiger partial charge >= 0.3 is 0 Å². The standard InChI is InChI=1S/C18H27NO4/c1-12-17(21)18(22)16(11-20)19(12)10-13-6-8-15(9-7-13)23-14-4-2-3-5-14/h6-9,12,14,16-18,20-22H,2-5,10-11H2,1H3/t12-,16+,17-,18+/m0/s1. The number of likely N-dealkylation sites (tertiary alicyclic amines) is 1. The number of hydrogen-bond donors (Lipinski definition) is 3. The van der Waals surface area contributed by atoms with Gasteiger partial charge in [-0.1, -0.05) is 12.1 Å². The molecule has 128 valence electrons. The summed E-state index contributed by atoms with van der Waals surface area (Å²) in [4.78, 5) is 1.96. The van der Waals surface area contributed by atoms with Gasteiger partial charge in [0.15, 0.2) is 0 Å². The monoisotopic (exact) mass is 321 g/mol. The van der Waals surface area contributed by atoms with Crippen LogP contribution >= 0.6 is 0 Å². The lowest BCUT2D eigenvalue weighted by atomic mass is 10.1. The van der Waals surface area contributed by atoms with Crippen molar-refractivity contribution >= 4 is 0 Å². The highest BCUT2D eigenvalue weighted by Gasteiger charge is 2.44. The molecule has 0 spiro atoms. The van der Waals surface area contributed by atoms with E-state index in [1.54, 1.807) is 0 Å². The van der Waals surface area contributed by atoms with Gasteiger partial charge in [-0.05, 0) is 50.3 Å². The van der Waals surface area contributed by atoms with Crippen LogP contribution in [0.5, 0.6) is 5.75 Å². The molecule has 1 aliphatic carbocycles. The molecular formula is C18H27NO4. The number of aliphatic hydroxyl groups is 3. The third kappa shape index (κ3) is 3.53. The minimum absolute atomic E-state index is 0.161. The molecule has 5 heteroatoms. The van der Waals surface area contributed by atoms with Crippen molar-refractivity contribution in [2.45, 2.75) is 69.5 Å². The second-order valence-electron chi connectivity index (χ2n) is 6.81. The first kappa shape index (κ1) is 16.7. The largest absolute Gasteiger partial charge is 0.490 e. The van der Waals surface area contributed by atoms with Crippen molar-refractivity contribution in [1.82, 2.24) is 4.90 Å². The maximum Gasteiger partial charge on any atom is 0.119 e. The molecule has 1 heterocycles. The number of nitrogens with zero attached hydrogens (tertiary/aromatic N) is 1. The van der Waals surface area contributed by atoms with Gasteiger partial charge in [0.05, 0.1) is 31.0 Å². The van der Waals surface area contributed by atoms with Gasteiger partial charge in [0, 0.05) is 12.6 Å². The second kappa shape index (κ2) is 7.18. The van der Waals surface area contributed by atoms with E-state index in [1.165, 1.54) is 12.8 Å². The van der Waals surface area contributed by atoms with Gasteiger partial charge in [-0.2, -0.15) is 0 Å². The summed E-state index contributed by atoms with van der Waals surface area (Å²) in [5.74, 6) is 0.897. The fraction of sp³-hybridized carbons (Fsp3) is 0.667. The van der Waals surface area contributed by atoms with E-state index >= 15 is 0 Å². The van der Waals surface area contributed by atoms with Crippen molar-refractivity contribution in [2.24, 2.45) is 0 Å². The van der Waals surface area contributed by atoms with E-state index in [4.69, 9.17) is 4.74 Å². The third-order valence-corrected chi connectivity index (χ3v) is 5.27. The molecule has 4 atom stereocenters. The normalized spacial score (nSPS) is 32.5. The molecule has 1 aliphatic heterocycles. The first-order chi connectivity index (χ1) is 11.1. The van der Waals surface area contributed by atoms with Crippen LogP contribution < -0.4 is 4.74 Å². The van der Waals surface area contributed by atoms with E-state index in [1.807, 2.05) is 36.1 Å². The van der Waals surface area contributed by atoms with Crippen molar-refractivity contribution in [3.63, 3.8) is 0 Å². The van der Waals surface area contributed by atoms with Crippen molar-refractivity contribution in [3.8, 4) is 5.75 Å². The lowest BCUT2D eigenvalue weighted by molar-refractivity contribution is 0.0186. The fourth-order valence-corrected chi connectivity index (χ4v) is 3.76. The molecule has 1 aromatic carbocycles. The van der Waals surface area contributed by atoms with Crippen LogP contribution in [-0.4, -0.2) is 57.2 Å². The highest BCUT2D eigenvalue weighted by molar-refractivity contribution is 5.28. The van der Waals surface area contributed by atoms with Gasteiger partial charge in [0.1, 0.15) is 5.75 Å². The Balaban J connectivity index is 1.63. The Morgan fingerprint density at radius 2 is 1.74 bits per heavy atom. The Kier molecular flexibility index (Phi) is 5.21. The Morgan fingerprint density at radius 1 is 1.09 bits per heavy atom. The van der Waals surface area contributed by atoms with Gasteiger partial charge in [-0.15, -0.1) is 0 Å². The van der Waals surface area contributed by atoms with Crippen molar-refractivity contribution < 1.29 is 20.1 Å². The van der Waals surface area contributed by atoms with Gasteiger partial charge < -0.3 is 20.1 Å². The van der Waals surface area contributed by atoms with Crippen LogP contribution in [0.3, 0.4) is 0 Å². The summed E-state index contributed by atoms with van der Waals surface area (Å²) < 4.78 is 5.96. The molecule has 3 rings (SSSR count). The predicted octanol–water partition coefficient (Wildman–Crippen LogP) is 1.29. The fourth-order valence-electron chi connectivity index (χ4n) is 3.76. The van der Waals surface area contributed by atoms with Crippen LogP contribution in [-0.2, 0) is 6.54 Å².